The summed E-state index contributed by atoms with van der Waals surface area (Å²) >= 11 is 3.61. The number of aromatic nitrogens is 1. The molecule has 2 aromatic rings. The molecule has 0 radical (unpaired) electrons. The first-order chi connectivity index (χ1) is 11.1. The van der Waals surface area contributed by atoms with Gasteiger partial charge in [0, 0.05) is 36.3 Å². The monoisotopic (exact) mass is 478 g/mol. The minimum Gasteiger partial charge on any atom is -0.356 e. The zero-order valence-electron chi connectivity index (χ0n) is 14.8. The fraction of sp³-hybridized carbons (Fsp3) is 0.529. The molecule has 0 aromatic carbocycles. The maximum Gasteiger partial charge on any atom is 0.190 e. The Kier molecular flexibility index (Phi) is 9.84. The fourth-order valence-corrected chi connectivity index (χ4v) is 4.24. The van der Waals surface area contributed by atoms with Crippen molar-refractivity contribution in [1.29, 1.82) is 0 Å². The van der Waals surface area contributed by atoms with Crippen molar-refractivity contribution < 1.29 is 0 Å². The Labute approximate surface area is 170 Å². The second-order valence-corrected chi connectivity index (χ2v) is 8.08. The molecule has 0 spiro atoms. The van der Waals surface area contributed by atoms with Crippen molar-refractivity contribution in [3.8, 4) is 0 Å². The first-order valence-corrected chi connectivity index (χ1v) is 9.68. The summed E-state index contributed by atoms with van der Waals surface area (Å²) in [5.41, 5.74) is 1.15. The highest BCUT2D eigenvalue weighted by atomic mass is 127. The molecule has 2 aromatic heterocycles. The lowest BCUT2D eigenvalue weighted by atomic mass is 10.1. The van der Waals surface area contributed by atoms with Crippen LogP contribution in [0, 0.1) is 19.8 Å². The van der Waals surface area contributed by atoms with Gasteiger partial charge in [0.1, 0.15) is 0 Å². The largest absolute Gasteiger partial charge is 0.356 e. The number of halogens is 1. The number of nitrogens with one attached hydrogen (secondary N) is 2. The number of hydrogen-bond donors (Lipinski definition) is 2. The van der Waals surface area contributed by atoms with Gasteiger partial charge in [-0.25, -0.2) is 4.98 Å². The number of guanidine groups is 1. The van der Waals surface area contributed by atoms with E-state index in [1.54, 1.807) is 11.3 Å². The topological polar surface area (TPSA) is 49.3 Å². The number of aryl methyl sites for hydroxylation is 2. The van der Waals surface area contributed by atoms with E-state index in [1.807, 2.05) is 18.4 Å². The molecule has 0 fully saturated rings. The predicted octanol–water partition coefficient (Wildman–Crippen LogP) is 4.03. The van der Waals surface area contributed by atoms with Crippen molar-refractivity contribution in [2.45, 2.75) is 33.6 Å². The van der Waals surface area contributed by atoms with Crippen LogP contribution in [-0.4, -0.2) is 31.1 Å². The zero-order valence-corrected chi connectivity index (χ0v) is 18.7. The Morgan fingerprint density at radius 2 is 2.12 bits per heavy atom. The molecule has 0 bridgehead atoms. The Morgan fingerprint density at radius 1 is 1.33 bits per heavy atom. The van der Waals surface area contributed by atoms with Gasteiger partial charge in [-0.05, 0) is 37.6 Å². The summed E-state index contributed by atoms with van der Waals surface area (Å²) in [7, 11) is 1.82. The SMILES string of the molecule is CN=C(NCCc1sc(C)nc1C)NCC(C)Cc1cccs1.I. The molecule has 2 N–H and O–H groups in total. The molecule has 4 nitrogen and oxygen atoms in total. The van der Waals surface area contributed by atoms with Gasteiger partial charge in [0.25, 0.3) is 0 Å². The Balaban J connectivity index is 0.00000288. The van der Waals surface area contributed by atoms with E-state index in [0.717, 1.165) is 42.6 Å². The van der Waals surface area contributed by atoms with Crippen LogP contribution in [0.5, 0.6) is 0 Å². The normalized spacial score (nSPS) is 12.6. The number of hydrogen-bond acceptors (Lipinski definition) is 4. The van der Waals surface area contributed by atoms with Crippen molar-refractivity contribution in [2.75, 3.05) is 20.1 Å². The maximum atomic E-state index is 4.47. The molecule has 0 amide bonds. The van der Waals surface area contributed by atoms with E-state index in [-0.39, 0.29) is 24.0 Å². The summed E-state index contributed by atoms with van der Waals surface area (Å²) in [5.74, 6) is 1.46. The van der Waals surface area contributed by atoms with E-state index in [4.69, 9.17) is 0 Å². The van der Waals surface area contributed by atoms with Crippen LogP contribution in [0.3, 0.4) is 0 Å². The first-order valence-electron chi connectivity index (χ1n) is 7.98. The first kappa shape index (κ1) is 21.4. The predicted molar refractivity (Wildman–Crippen MR) is 117 cm³/mol. The molecule has 0 saturated heterocycles. The average Bonchev–Trinajstić information content (AvgIpc) is 3.12. The molecule has 0 aliphatic rings. The van der Waals surface area contributed by atoms with E-state index in [2.05, 4.69) is 58.9 Å². The van der Waals surface area contributed by atoms with Crippen LogP contribution in [0.25, 0.3) is 0 Å². The third-order valence-electron chi connectivity index (χ3n) is 3.62. The van der Waals surface area contributed by atoms with Crippen LogP contribution in [-0.2, 0) is 12.8 Å². The lowest BCUT2D eigenvalue weighted by Crippen LogP contribution is -2.40. The van der Waals surface area contributed by atoms with Gasteiger partial charge in [-0.1, -0.05) is 13.0 Å². The van der Waals surface area contributed by atoms with E-state index in [1.165, 1.54) is 9.75 Å². The molecule has 2 rings (SSSR count). The van der Waals surface area contributed by atoms with Crippen molar-refractivity contribution in [2.24, 2.45) is 10.9 Å². The smallest absolute Gasteiger partial charge is 0.190 e. The van der Waals surface area contributed by atoms with Gasteiger partial charge in [-0.15, -0.1) is 46.7 Å². The average molecular weight is 478 g/mol. The Bertz CT molecular complexity index is 623. The number of rotatable bonds is 7. The molecule has 0 saturated carbocycles. The van der Waals surface area contributed by atoms with Gasteiger partial charge in [-0.2, -0.15) is 0 Å². The molecule has 1 unspecified atom stereocenters. The van der Waals surface area contributed by atoms with Crippen molar-refractivity contribution in [3.63, 3.8) is 0 Å². The Morgan fingerprint density at radius 3 is 2.71 bits per heavy atom. The van der Waals surface area contributed by atoms with Crippen molar-refractivity contribution in [3.05, 3.63) is 38.0 Å². The van der Waals surface area contributed by atoms with Crippen LogP contribution in [0.15, 0.2) is 22.5 Å². The van der Waals surface area contributed by atoms with Gasteiger partial charge < -0.3 is 10.6 Å². The number of nitrogens with zero attached hydrogens (tertiary/aromatic N) is 2. The molecular formula is C17H27IN4S2. The summed E-state index contributed by atoms with van der Waals surface area (Å²) in [6, 6.07) is 4.32. The molecule has 24 heavy (non-hydrogen) atoms. The molecule has 1 atom stereocenters. The second kappa shape index (κ2) is 11.0. The van der Waals surface area contributed by atoms with Gasteiger partial charge in [0.2, 0.25) is 0 Å². The third kappa shape index (κ3) is 7.06. The fourth-order valence-electron chi connectivity index (χ4n) is 2.44. The maximum absolute atomic E-state index is 4.47. The van der Waals surface area contributed by atoms with Gasteiger partial charge in [0.05, 0.1) is 10.7 Å². The van der Waals surface area contributed by atoms with Crippen molar-refractivity contribution in [1.82, 2.24) is 15.6 Å². The second-order valence-electron chi connectivity index (χ2n) is 5.76. The van der Waals surface area contributed by atoms with Crippen LogP contribution in [0.4, 0.5) is 0 Å². The molecular weight excluding hydrogens is 451 g/mol. The van der Waals surface area contributed by atoms with Crippen LogP contribution in [0.2, 0.25) is 0 Å². The minimum atomic E-state index is 0. The quantitative estimate of drug-likeness (QED) is 0.359. The van der Waals surface area contributed by atoms with Gasteiger partial charge >= 0.3 is 0 Å². The highest BCUT2D eigenvalue weighted by molar-refractivity contribution is 14.0. The summed E-state index contributed by atoms with van der Waals surface area (Å²) in [6.07, 6.45) is 2.10. The van der Waals surface area contributed by atoms with Crippen LogP contribution >= 0.6 is 46.7 Å². The van der Waals surface area contributed by atoms with E-state index in [9.17, 15) is 0 Å². The Hall–Kier alpha value is -0.670. The van der Waals surface area contributed by atoms with Crippen LogP contribution < -0.4 is 10.6 Å². The lowest BCUT2D eigenvalue weighted by Gasteiger charge is -2.15. The summed E-state index contributed by atoms with van der Waals surface area (Å²) < 4.78 is 0. The third-order valence-corrected chi connectivity index (χ3v) is 5.65. The van der Waals surface area contributed by atoms with Gasteiger partial charge in [0.15, 0.2) is 5.96 Å². The molecule has 134 valence electrons. The van der Waals surface area contributed by atoms with Gasteiger partial charge in [-0.3, -0.25) is 4.99 Å². The van der Waals surface area contributed by atoms with E-state index in [0.29, 0.717) is 5.92 Å². The molecule has 2 heterocycles. The number of thiazole rings is 1. The minimum absolute atomic E-state index is 0. The van der Waals surface area contributed by atoms with E-state index >= 15 is 0 Å². The standard InChI is InChI=1S/C17H26N4S2.HI/c1-12(10-15-6-5-9-22-15)11-20-17(18-4)19-8-7-16-13(2)21-14(3)23-16;/h5-6,9,12H,7-8,10-11H2,1-4H3,(H2,18,19,20);1H. The molecule has 0 aliphatic heterocycles. The van der Waals surface area contributed by atoms with Crippen molar-refractivity contribution >= 4 is 52.6 Å². The number of aliphatic imine (C=N–C) groups is 1. The highest BCUT2D eigenvalue weighted by Crippen LogP contribution is 2.17. The highest BCUT2D eigenvalue weighted by Gasteiger charge is 2.07. The lowest BCUT2D eigenvalue weighted by molar-refractivity contribution is 0.562. The van der Waals surface area contributed by atoms with E-state index < -0.39 is 0 Å². The molecule has 0 aliphatic carbocycles. The summed E-state index contributed by atoms with van der Waals surface area (Å²) in [6.45, 7) is 8.21. The zero-order chi connectivity index (χ0) is 16.7. The number of thiophene rings is 1. The summed E-state index contributed by atoms with van der Waals surface area (Å²) in [5, 5.41) is 10.1. The summed E-state index contributed by atoms with van der Waals surface area (Å²) in [4.78, 5) is 11.6. The molecule has 7 heteroatoms. The van der Waals surface area contributed by atoms with Crippen LogP contribution in [0.1, 0.15) is 27.4 Å².